The van der Waals surface area contributed by atoms with Gasteiger partial charge in [0.1, 0.15) is 22.7 Å². The van der Waals surface area contributed by atoms with Crippen molar-refractivity contribution in [3.63, 3.8) is 0 Å². The summed E-state index contributed by atoms with van der Waals surface area (Å²) >= 11 is 4.81. The molecule has 2 aromatic carbocycles. The minimum Gasteiger partial charge on any atom is -0.497 e. The molecule has 2 aromatic rings. The summed E-state index contributed by atoms with van der Waals surface area (Å²) in [6.07, 6.45) is 5.53. The highest BCUT2D eigenvalue weighted by atomic mass is 32.1. The van der Waals surface area contributed by atoms with Gasteiger partial charge in [-0.15, -0.1) is 0 Å². The van der Waals surface area contributed by atoms with E-state index < -0.39 is 11.2 Å². The molecule has 1 aliphatic heterocycles. The van der Waals surface area contributed by atoms with Crippen molar-refractivity contribution in [1.82, 2.24) is 0 Å². The van der Waals surface area contributed by atoms with Crippen LogP contribution < -0.4 is 4.74 Å². The zero-order valence-corrected chi connectivity index (χ0v) is 20.8. The van der Waals surface area contributed by atoms with Crippen LogP contribution in [0.25, 0.3) is 10.8 Å². The van der Waals surface area contributed by atoms with Crippen molar-refractivity contribution in [2.75, 3.05) is 12.9 Å². The Kier molecular flexibility index (Phi) is 5.75. The topological polar surface area (TPSA) is 38.7 Å². The van der Waals surface area contributed by atoms with Crippen molar-refractivity contribution in [3.8, 4) is 5.75 Å². The average Bonchev–Trinajstić information content (AvgIpc) is 2.70. The first kappa shape index (κ1) is 23.0. The lowest BCUT2D eigenvalue weighted by atomic mass is 9.70. The van der Waals surface area contributed by atoms with Crippen molar-refractivity contribution in [2.45, 2.75) is 64.1 Å². The van der Waals surface area contributed by atoms with Crippen LogP contribution >= 0.6 is 12.6 Å². The number of ether oxygens (including phenoxy) is 2. The maximum absolute atomic E-state index is 11.0. The number of fused-ring (bicyclic) bond motifs is 2. The Morgan fingerprint density at radius 3 is 2.62 bits per heavy atom. The lowest BCUT2D eigenvalue weighted by Crippen LogP contribution is -2.44. The fourth-order valence-corrected chi connectivity index (χ4v) is 6.12. The van der Waals surface area contributed by atoms with Gasteiger partial charge in [-0.3, -0.25) is 0 Å². The molecule has 2 aliphatic rings. The highest BCUT2D eigenvalue weighted by Crippen LogP contribution is 2.48. The first-order valence-corrected chi connectivity index (χ1v) is 11.8. The Morgan fingerprint density at radius 1 is 1.19 bits per heavy atom. The third-order valence-electron chi connectivity index (χ3n) is 6.89. The van der Waals surface area contributed by atoms with Gasteiger partial charge < -0.3 is 14.6 Å². The summed E-state index contributed by atoms with van der Waals surface area (Å²) in [6.45, 7) is 10.4. The summed E-state index contributed by atoms with van der Waals surface area (Å²) in [4.78, 5) is 0. The van der Waals surface area contributed by atoms with Gasteiger partial charge in [-0.25, -0.2) is 0 Å². The molecule has 1 aliphatic carbocycles. The van der Waals surface area contributed by atoms with Crippen molar-refractivity contribution < 1.29 is 14.6 Å². The van der Waals surface area contributed by atoms with Crippen LogP contribution in [0.15, 0.2) is 71.0 Å². The summed E-state index contributed by atoms with van der Waals surface area (Å²) in [6, 6.07) is 12.7. The van der Waals surface area contributed by atoms with E-state index in [-0.39, 0.29) is 5.41 Å². The Hall–Kier alpha value is -2.17. The molecule has 0 spiro atoms. The van der Waals surface area contributed by atoms with Gasteiger partial charge in [0, 0.05) is 17.4 Å². The quantitative estimate of drug-likeness (QED) is 0.510. The molecular formula is C28H34O3S. The third-order valence-corrected chi connectivity index (χ3v) is 7.59. The molecule has 4 heteroatoms. The van der Waals surface area contributed by atoms with E-state index in [1.807, 2.05) is 26.0 Å². The minimum atomic E-state index is -0.999. The normalized spacial score (nSPS) is 27.2. The predicted octanol–water partition coefficient (Wildman–Crippen LogP) is 6.52. The van der Waals surface area contributed by atoms with Gasteiger partial charge in [0.25, 0.3) is 0 Å². The third kappa shape index (κ3) is 3.99. The summed E-state index contributed by atoms with van der Waals surface area (Å²) in [7, 11) is 1.70. The van der Waals surface area contributed by atoms with Crippen molar-refractivity contribution in [2.24, 2.45) is 0 Å². The second-order valence-electron chi connectivity index (χ2n) is 10.2. The van der Waals surface area contributed by atoms with Crippen LogP contribution in [0.3, 0.4) is 0 Å². The van der Waals surface area contributed by atoms with E-state index in [9.17, 15) is 5.11 Å². The SMILES string of the molecule is COc1ccc2c(C(C)(CS)CC3(C)CC(C)=C4C(=CC(C)=CC4(C)O)O3)cccc2c1. The van der Waals surface area contributed by atoms with Crippen molar-refractivity contribution in [3.05, 3.63) is 76.6 Å². The molecular weight excluding hydrogens is 416 g/mol. The van der Waals surface area contributed by atoms with Crippen LogP contribution in [0, 0.1) is 0 Å². The first-order chi connectivity index (χ1) is 15.0. The molecule has 4 rings (SSSR count). The number of hydrogen-bond donors (Lipinski definition) is 2. The number of hydrogen-bond acceptors (Lipinski definition) is 4. The van der Waals surface area contributed by atoms with Gasteiger partial charge in [-0.2, -0.15) is 12.6 Å². The molecule has 3 unspecified atom stereocenters. The van der Waals surface area contributed by atoms with E-state index in [1.54, 1.807) is 7.11 Å². The largest absolute Gasteiger partial charge is 0.497 e. The number of aliphatic hydroxyl groups is 1. The number of allylic oxidation sites excluding steroid dienone is 2. The molecule has 0 aromatic heterocycles. The first-order valence-electron chi connectivity index (χ1n) is 11.2. The molecule has 3 nitrogen and oxygen atoms in total. The number of thiol groups is 1. The van der Waals surface area contributed by atoms with Crippen LogP contribution in [0.2, 0.25) is 0 Å². The lowest BCUT2D eigenvalue weighted by Gasteiger charge is -2.46. The zero-order valence-electron chi connectivity index (χ0n) is 20.0. The van der Waals surface area contributed by atoms with Crippen LogP contribution in [0.5, 0.6) is 5.75 Å². The maximum Gasteiger partial charge on any atom is 0.126 e. The van der Waals surface area contributed by atoms with Gasteiger partial charge in [-0.05, 0) is 86.1 Å². The van der Waals surface area contributed by atoms with E-state index in [2.05, 4.69) is 57.2 Å². The molecule has 1 N–H and O–H groups in total. The molecule has 0 amide bonds. The molecule has 3 atom stereocenters. The zero-order chi connectivity index (χ0) is 23.3. The fourth-order valence-electron chi connectivity index (χ4n) is 5.83. The van der Waals surface area contributed by atoms with E-state index >= 15 is 0 Å². The van der Waals surface area contributed by atoms with Crippen LogP contribution in [-0.2, 0) is 10.2 Å². The second-order valence-corrected chi connectivity index (χ2v) is 10.5. The maximum atomic E-state index is 11.0. The second kappa shape index (κ2) is 8.00. The van der Waals surface area contributed by atoms with Crippen molar-refractivity contribution >= 4 is 23.4 Å². The highest BCUT2D eigenvalue weighted by molar-refractivity contribution is 7.80. The summed E-state index contributed by atoms with van der Waals surface area (Å²) in [5, 5.41) is 13.4. The molecule has 32 heavy (non-hydrogen) atoms. The van der Waals surface area contributed by atoms with Crippen molar-refractivity contribution in [1.29, 1.82) is 0 Å². The van der Waals surface area contributed by atoms with Gasteiger partial charge in [0.15, 0.2) is 0 Å². The minimum absolute atomic E-state index is 0.202. The summed E-state index contributed by atoms with van der Waals surface area (Å²) < 4.78 is 12.1. The molecule has 170 valence electrons. The van der Waals surface area contributed by atoms with Gasteiger partial charge >= 0.3 is 0 Å². The van der Waals surface area contributed by atoms with Gasteiger partial charge in [0.05, 0.1) is 7.11 Å². The van der Waals surface area contributed by atoms with E-state index in [0.29, 0.717) is 5.75 Å². The smallest absolute Gasteiger partial charge is 0.126 e. The Labute approximate surface area is 197 Å². The number of rotatable bonds is 5. The Morgan fingerprint density at radius 2 is 1.94 bits per heavy atom. The molecule has 0 saturated heterocycles. The lowest BCUT2D eigenvalue weighted by molar-refractivity contribution is -0.0182. The fraction of sp³-hybridized carbons (Fsp3) is 0.429. The van der Waals surface area contributed by atoms with Gasteiger partial charge in [0.2, 0.25) is 0 Å². The summed E-state index contributed by atoms with van der Waals surface area (Å²) in [5.41, 5.74) is 2.77. The number of methoxy groups -OCH3 is 1. The van der Waals surface area contributed by atoms with E-state index in [0.717, 1.165) is 40.9 Å². The van der Waals surface area contributed by atoms with Crippen LogP contribution in [0.1, 0.15) is 53.0 Å². The Balaban J connectivity index is 1.75. The highest BCUT2D eigenvalue weighted by Gasteiger charge is 2.45. The molecule has 0 radical (unpaired) electrons. The predicted molar refractivity (Wildman–Crippen MR) is 136 cm³/mol. The monoisotopic (exact) mass is 450 g/mol. The number of benzene rings is 2. The molecule has 1 heterocycles. The van der Waals surface area contributed by atoms with Crippen LogP contribution in [-0.4, -0.2) is 29.2 Å². The standard InChI is InChI=1S/C28H34O3S/c1-18-12-24-25(28(5,29)14-18)19(2)15-27(4,31-24)16-26(3,17-32)23-9-7-8-20-13-21(30-6)10-11-22(20)23/h7-14,29,32H,15-17H2,1-6H3. The average molecular weight is 451 g/mol. The van der Waals surface area contributed by atoms with Gasteiger partial charge in [-0.1, -0.05) is 36.8 Å². The molecule has 0 bridgehead atoms. The van der Waals surface area contributed by atoms with E-state index in [1.165, 1.54) is 16.5 Å². The van der Waals surface area contributed by atoms with Crippen LogP contribution in [0.4, 0.5) is 0 Å². The summed E-state index contributed by atoms with van der Waals surface area (Å²) in [5.74, 6) is 2.35. The molecule has 0 fully saturated rings. The molecule has 0 saturated carbocycles. The Bertz CT molecular complexity index is 1160. The van der Waals surface area contributed by atoms with E-state index in [4.69, 9.17) is 22.1 Å².